The van der Waals surface area contributed by atoms with Gasteiger partial charge in [0.1, 0.15) is 0 Å². The van der Waals surface area contributed by atoms with Crippen molar-refractivity contribution in [2.24, 2.45) is 0 Å². The first kappa shape index (κ1) is 17.5. The van der Waals surface area contributed by atoms with Crippen molar-refractivity contribution in [3.05, 3.63) is 70.2 Å². The molecule has 2 aromatic rings. The van der Waals surface area contributed by atoms with E-state index in [-0.39, 0.29) is 5.91 Å². The number of carbonyl (C=O) groups is 1. The van der Waals surface area contributed by atoms with Gasteiger partial charge in [-0.2, -0.15) is 0 Å². The first-order chi connectivity index (χ1) is 11.0. The Morgan fingerprint density at radius 3 is 2.30 bits per heavy atom. The zero-order chi connectivity index (χ0) is 16.8. The van der Waals surface area contributed by atoms with E-state index in [9.17, 15) is 4.79 Å². The molecule has 0 heterocycles. The molecule has 0 atom stereocenters. The normalized spacial score (nSPS) is 10.8. The van der Waals surface area contributed by atoms with E-state index < -0.39 is 0 Å². The van der Waals surface area contributed by atoms with Crippen molar-refractivity contribution in [2.75, 3.05) is 20.6 Å². The fraction of sp³-hybridized carbons (Fsp3) is 0.316. The molecule has 0 spiro atoms. The summed E-state index contributed by atoms with van der Waals surface area (Å²) in [5, 5.41) is 0.727. The lowest BCUT2D eigenvalue weighted by atomic mass is 10.1. The number of likely N-dealkylation sites (N-methyl/N-ethyl adjacent to an activating group) is 2. The highest BCUT2D eigenvalue weighted by Gasteiger charge is 2.13. The van der Waals surface area contributed by atoms with Crippen LogP contribution in [0.3, 0.4) is 0 Å². The topological polar surface area (TPSA) is 23.6 Å². The Kier molecular flexibility index (Phi) is 6.20. The van der Waals surface area contributed by atoms with Crippen LogP contribution in [0.15, 0.2) is 48.5 Å². The van der Waals surface area contributed by atoms with Crippen LogP contribution in [0.5, 0.6) is 0 Å². The van der Waals surface area contributed by atoms with Crippen molar-refractivity contribution in [3.8, 4) is 0 Å². The standard InChI is InChI=1S/C19H23ClN2O/c1-15-6-4-5-7-17(15)13-22(3)19(23)14-21(2)12-16-8-10-18(20)11-9-16/h4-11H,12-14H2,1-3H3. The molecule has 2 aromatic carbocycles. The van der Waals surface area contributed by atoms with Crippen molar-refractivity contribution in [1.29, 1.82) is 0 Å². The minimum absolute atomic E-state index is 0.115. The van der Waals surface area contributed by atoms with Crippen LogP contribution in [0.2, 0.25) is 5.02 Å². The highest BCUT2D eigenvalue weighted by molar-refractivity contribution is 6.30. The molecule has 0 N–H and O–H groups in total. The van der Waals surface area contributed by atoms with Gasteiger partial charge in [0, 0.05) is 25.2 Å². The molecule has 0 saturated carbocycles. The molecule has 0 aliphatic carbocycles. The number of amides is 1. The maximum absolute atomic E-state index is 12.4. The molecule has 23 heavy (non-hydrogen) atoms. The summed E-state index contributed by atoms with van der Waals surface area (Å²) in [7, 11) is 3.80. The molecular formula is C19H23ClN2O. The lowest BCUT2D eigenvalue weighted by molar-refractivity contribution is -0.131. The molecule has 0 bridgehead atoms. The fourth-order valence-corrected chi connectivity index (χ4v) is 2.57. The summed E-state index contributed by atoms with van der Waals surface area (Å²) in [6.07, 6.45) is 0. The summed E-state index contributed by atoms with van der Waals surface area (Å²) in [6, 6.07) is 15.9. The van der Waals surface area contributed by atoms with Crippen LogP contribution in [-0.4, -0.2) is 36.3 Å². The summed E-state index contributed by atoms with van der Waals surface area (Å²) >= 11 is 5.89. The predicted octanol–water partition coefficient (Wildman–Crippen LogP) is 3.74. The Bertz CT molecular complexity index is 655. The average Bonchev–Trinajstić information content (AvgIpc) is 2.51. The van der Waals surface area contributed by atoms with Crippen LogP contribution in [-0.2, 0) is 17.9 Å². The van der Waals surface area contributed by atoms with Gasteiger partial charge in [-0.1, -0.05) is 48.0 Å². The SMILES string of the molecule is Cc1ccccc1CN(C)C(=O)CN(C)Cc1ccc(Cl)cc1. The van der Waals surface area contributed by atoms with Gasteiger partial charge in [-0.15, -0.1) is 0 Å². The van der Waals surface area contributed by atoms with Crippen LogP contribution >= 0.6 is 11.6 Å². The van der Waals surface area contributed by atoms with Gasteiger partial charge in [0.2, 0.25) is 5.91 Å². The second-order valence-corrected chi connectivity index (χ2v) is 6.41. The highest BCUT2D eigenvalue weighted by atomic mass is 35.5. The van der Waals surface area contributed by atoms with Crippen LogP contribution in [0.25, 0.3) is 0 Å². The number of halogens is 1. The Balaban J connectivity index is 1.87. The van der Waals surface area contributed by atoms with Gasteiger partial charge in [-0.05, 0) is 42.8 Å². The number of rotatable bonds is 6. The van der Waals surface area contributed by atoms with Crippen LogP contribution in [0.1, 0.15) is 16.7 Å². The van der Waals surface area contributed by atoms with E-state index >= 15 is 0 Å². The summed E-state index contributed by atoms with van der Waals surface area (Å²) in [4.78, 5) is 16.2. The van der Waals surface area contributed by atoms with Crippen molar-refractivity contribution in [3.63, 3.8) is 0 Å². The second kappa shape index (κ2) is 8.14. The third-order valence-corrected chi connectivity index (χ3v) is 4.12. The van der Waals surface area contributed by atoms with Crippen molar-refractivity contribution in [1.82, 2.24) is 9.80 Å². The summed E-state index contributed by atoms with van der Waals surface area (Å²) < 4.78 is 0. The lowest BCUT2D eigenvalue weighted by Crippen LogP contribution is -2.36. The van der Waals surface area contributed by atoms with E-state index in [0.717, 1.165) is 17.1 Å². The van der Waals surface area contributed by atoms with Gasteiger partial charge in [-0.25, -0.2) is 0 Å². The lowest BCUT2D eigenvalue weighted by Gasteiger charge is -2.22. The van der Waals surface area contributed by atoms with Crippen molar-refractivity contribution < 1.29 is 4.79 Å². The van der Waals surface area contributed by atoms with E-state index in [0.29, 0.717) is 13.1 Å². The maximum atomic E-state index is 12.4. The molecule has 2 rings (SSSR count). The molecule has 0 aromatic heterocycles. The third kappa shape index (κ3) is 5.38. The van der Waals surface area contributed by atoms with Gasteiger partial charge in [0.15, 0.2) is 0 Å². The third-order valence-electron chi connectivity index (χ3n) is 3.87. The zero-order valence-corrected chi connectivity index (χ0v) is 14.7. The minimum Gasteiger partial charge on any atom is -0.340 e. The number of nitrogens with zero attached hydrogens (tertiary/aromatic N) is 2. The first-order valence-electron chi connectivity index (χ1n) is 7.67. The van der Waals surface area contributed by atoms with Crippen LogP contribution in [0.4, 0.5) is 0 Å². The molecule has 0 unspecified atom stereocenters. The fourth-order valence-electron chi connectivity index (χ4n) is 2.44. The molecular weight excluding hydrogens is 308 g/mol. The zero-order valence-electron chi connectivity index (χ0n) is 13.9. The smallest absolute Gasteiger partial charge is 0.236 e. The number of aryl methyl sites for hydroxylation is 1. The van der Waals surface area contributed by atoms with E-state index in [1.807, 2.05) is 55.4 Å². The Labute approximate surface area is 143 Å². The molecule has 1 amide bonds. The molecule has 0 radical (unpaired) electrons. The van der Waals surface area contributed by atoms with Gasteiger partial charge in [-0.3, -0.25) is 9.69 Å². The largest absolute Gasteiger partial charge is 0.340 e. The molecule has 4 heteroatoms. The molecule has 122 valence electrons. The number of benzene rings is 2. The number of hydrogen-bond acceptors (Lipinski definition) is 2. The molecule has 0 fully saturated rings. The van der Waals surface area contributed by atoms with Crippen molar-refractivity contribution in [2.45, 2.75) is 20.0 Å². The monoisotopic (exact) mass is 330 g/mol. The Morgan fingerprint density at radius 2 is 1.65 bits per heavy atom. The summed E-state index contributed by atoms with van der Waals surface area (Å²) in [5.41, 5.74) is 3.54. The minimum atomic E-state index is 0.115. The molecule has 0 saturated heterocycles. The Hall–Kier alpha value is -1.84. The number of hydrogen-bond donors (Lipinski definition) is 0. The first-order valence-corrected chi connectivity index (χ1v) is 8.05. The van der Waals surface area contributed by atoms with E-state index in [1.54, 1.807) is 4.90 Å². The van der Waals surface area contributed by atoms with Crippen molar-refractivity contribution >= 4 is 17.5 Å². The van der Waals surface area contributed by atoms with Gasteiger partial charge in [0.25, 0.3) is 0 Å². The van der Waals surface area contributed by atoms with E-state index in [2.05, 4.69) is 19.1 Å². The predicted molar refractivity (Wildman–Crippen MR) is 95.4 cm³/mol. The average molecular weight is 331 g/mol. The Morgan fingerprint density at radius 1 is 1.00 bits per heavy atom. The van der Waals surface area contributed by atoms with Gasteiger partial charge >= 0.3 is 0 Å². The summed E-state index contributed by atoms with van der Waals surface area (Å²) in [6.45, 7) is 3.83. The second-order valence-electron chi connectivity index (χ2n) is 5.98. The van der Waals surface area contributed by atoms with E-state index in [4.69, 9.17) is 11.6 Å². The van der Waals surface area contributed by atoms with Gasteiger partial charge in [0.05, 0.1) is 6.54 Å². The highest BCUT2D eigenvalue weighted by Crippen LogP contribution is 2.12. The van der Waals surface area contributed by atoms with Gasteiger partial charge < -0.3 is 4.90 Å². The molecule has 3 nitrogen and oxygen atoms in total. The van der Waals surface area contributed by atoms with Crippen LogP contribution in [0, 0.1) is 6.92 Å². The number of carbonyl (C=O) groups excluding carboxylic acids is 1. The molecule has 0 aliphatic heterocycles. The maximum Gasteiger partial charge on any atom is 0.236 e. The van der Waals surface area contributed by atoms with Crippen LogP contribution < -0.4 is 0 Å². The quantitative estimate of drug-likeness (QED) is 0.805. The molecule has 0 aliphatic rings. The van der Waals surface area contributed by atoms with E-state index in [1.165, 1.54) is 11.1 Å². The summed E-state index contributed by atoms with van der Waals surface area (Å²) in [5.74, 6) is 0.115.